The number of aliphatic carboxylic acids is 1. The predicted octanol–water partition coefficient (Wildman–Crippen LogP) is 5.20. The number of thiophene rings is 1. The topological polar surface area (TPSA) is 116 Å². The van der Waals surface area contributed by atoms with Crippen LogP contribution in [-0.2, 0) is 11.3 Å². The number of aromatic carboxylic acids is 1. The average Bonchev–Trinajstić information content (AvgIpc) is 3.13. The molecule has 1 heterocycles. The fourth-order valence-electron chi connectivity index (χ4n) is 4.01. The molecule has 2 amide bonds. The van der Waals surface area contributed by atoms with Crippen LogP contribution in [0.3, 0.4) is 0 Å². The normalized spacial score (nSPS) is 14.0. The van der Waals surface area contributed by atoms with Crippen molar-refractivity contribution in [3.05, 3.63) is 39.2 Å². The summed E-state index contributed by atoms with van der Waals surface area (Å²) in [7, 11) is 0. The molecule has 0 aliphatic heterocycles. The minimum absolute atomic E-state index is 0.00135. The third-order valence-corrected chi connectivity index (χ3v) is 7.72. The average molecular weight is 539 g/mol. The summed E-state index contributed by atoms with van der Waals surface area (Å²) in [6.45, 7) is 2.26. The molecule has 1 aromatic carbocycles. The van der Waals surface area contributed by atoms with Crippen LogP contribution in [0.2, 0.25) is 0 Å². The van der Waals surface area contributed by atoms with Crippen molar-refractivity contribution in [1.82, 2.24) is 10.2 Å². The maximum absolute atomic E-state index is 12.8. The Balaban J connectivity index is 1.90. The van der Waals surface area contributed by atoms with Crippen molar-refractivity contribution in [2.75, 3.05) is 13.2 Å². The minimum Gasteiger partial charge on any atom is -0.479 e. The van der Waals surface area contributed by atoms with Crippen LogP contribution in [0.4, 0.5) is 4.79 Å². The summed E-state index contributed by atoms with van der Waals surface area (Å²) >= 11 is 4.41. The summed E-state index contributed by atoms with van der Waals surface area (Å²) in [5.41, 5.74) is 1.69. The molecular formula is C23H27BrN2O6S. The molecule has 3 N–H and O–H groups in total. The first-order valence-corrected chi connectivity index (χ1v) is 12.5. The largest absolute Gasteiger partial charge is 0.479 e. The lowest BCUT2D eigenvalue weighted by molar-refractivity contribution is -0.139. The van der Waals surface area contributed by atoms with E-state index in [2.05, 4.69) is 21.2 Å². The zero-order valence-electron chi connectivity index (χ0n) is 18.3. The second-order valence-electron chi connectivity index (χ2n) is 7.85. The number of halogens is 1. The molecule has 0 bridgehead atoms. The Morgan fingerprint density at radius 2 is 1.94 bits per heavy atom. The molecule has 0 radical (unpaired) electrons. The minimum atomic E-state index is -1.19. The first-order chi connectivity index (χ1) is 15.8. The summed E-state index contributed by atoms with van der Waals surface area (Å²) in [6, 6.07) is 7.70. The van der Waals surface area contributed by atoms with Gasteiger partial charge in [-0.3, -0.25) is 0 Å². The fraction of sp³-hybridized carbons (Fsp3) is 0.435. The molecule has 3 rings (SSSR count). The lowest BCUT2D eigenvalue weighted by Gasteiger charge is -2.34. The molecule has 1 saturated carbocycles. The summed E-state index contributed by atoms with van der Waals surface area (Å²) in [6.07, 6.45) is 5.39. The summed E-state index contributed by atoms with van der Waals surface area (Å²) in [4.78, 5) is 37.8. The molecule has 33 heavy (non-hydrogen) atoms. The molecular weight excluding hydrogens is 512 g/mol. The standard InChI is InChI=1S/C23H27BrN2O6S/c1-2-25-23(31)26(16-9-4-3-5-10-16)12-14-7-6-8-15(11-14)20-18(24)19(32-13-17(27)28)21(33-20)22(29)30/h6-8,11,16H,2-5,9-10,12-13H2,1H3,(H,25,31)(H,27,28)(H,29,30). The zero-order valence-corrected chi connectivity index (χ0v) is 20.7. The van der Waals surface area contributed by atoms with Crippen molar-refractivity contribution in [2.24, 2.45) is 0 Å². The van der Waals surface area contributed by atoms with Gasteiger partial charge < -0.3 is 25.2 Å². The van der Waals surface area contributed by atoms with E-state index in [0.717, 1.165) is 48.1 Å². The molecule has 1 fully saturated rings. The van der Waals surface area contributed by atoms with E-state index in [4.69, 9.17) is 9.84 Å². The predicted molar refractivity (Wildman–Crippen MR) is 129 cm³/mol. The second-order valence-corrected chi connectivity index (χ2v) is 9.66. The van der Waals surface area contributed by atoms with Gasteiger partial charge in [-0.05, 0) is 52.9 Å². The number of nitrogens with one attached hydrogen (secondary N) is 1. The van der Waals surface area contributed by atoms with Gasteiger partial charge in [0.05, 0.1) is 9.35 Å². The number of rotatable bonds is 9. The molecule has 178 valence electrons. The smallest absolute Gasteiger partial charge is 0.349 e. The van der Waals surface area contributed by atoms with Gasteiger partial charge in [-0.15, -0.1) is 11.3 Å². The Hall–Kier alpha value is -2.59. The highest BCUT2D eigenvalue weighted by Gasteiger charge is 2.27. The monoisotopic (exact) mass is 538 g/mol. The van der Waals surface area contributed by atoms with Crippen LogP contribution in [0.1, 0.15) is 54.3 Å². The highest BCUT2D eigenvalue weighted by Crippen LogP contribution is 2.45. The van der Waals surface area contributed by atoms with E-state index in [9.17, 15) is 19.5 Å². The molecule has 0 atom stereocenters. The first-order valence-electron chi connectivity index (χ1n) is 10.9. The Bertz CT molecular complexity index is 1020. The van der Waals surface area contributed by atoms with Crippen molar-refractivity contribution in [1.29, 1.82) is 0 Å². The van der Waals surface area contributed by atoms with Crippen molar-refractivity contribution in [2.45, 2.75) is 51.6 Å². The van der Waals surface area contributed by atoms with Crippen molar-refractivity contribution >= 4 is 45.2 Å². The molecule has 1 aliphatic rings. The van der Waals surface area contributed by atoms with Gasteiger partial charge in [-0.25, -0.2) is 14.4 Å². The van der Waals surface area contributed by atoms with Gasteiger partial charge in [0.1, 0.15) is 0 Å². The van der Waals surface area contributed by atoms with Gasteiger partial charge in [-0.2, -0.15) is 0 Å². The number of nitrogens with zero attached hydrogens (tertiary/aromatic N) is 1. The Morgan fingerprint density at radius 1 is 1.21 bits per heavy atom. The second kappa shape index (κ2) is 11.5. The van der Waals surface area contributed by atoms with Gasteiger partial charge in [0.15, 0.2) is 17.2 Å². The van der Waals surface area contributed by atoms with E-state index in [1.54, 1.807) is 0 Å². The number of urea groups is 1. The van der Waals surface area contributed by atoms with Gasteiger partial charge in [0, 0.05) is 19.1 Å². The number of carboxylic acids is 2. The number of carbonyl (C=O) groups is 3. The zero-order chi connectivity index (χ0) is 24.0. The molecule has 0 saturated heterocycles. The quantitative estimate of drug-likeness (QED) is 0.403. The number of ether oxygens (including phenoxy) is 1. The number of benzene rings is 1. The maximum atomic E-state index is 12.8. The molecule has 1 aromatic heterocycles. The van der Waals surface area contributed by atoms with Crippen molar-refractivity contribution in [3.63, 3.8) is 0 Å². The van der Waals surface area contributed by atoms with Gasteiger partial charge in [0.2, 0.25) is 0 Å². The number of amides is 2. The summed E-state index contributed by atoms with van der Waals surface area (Å²) in [5, 5.41) is 21.4. The van der Waals surface area contributed by atoms with Gasteiger partial charge >= 0.3 is 18.0 Å². The Kier molecular flexibility index (Phi) is 8.74. The summed E-state index contributed by atoms with van der Waals surface area (Å²) in [5.74, 6) is -2.38. The molecule has 8 nitrogen and oxygen atoms in total. The number of hydrogen-bond acceptors (Lipinski definition) is 5. The van der Waals surface area contributed by atoms with Gasteiger partial charge in [-0.1, -0.05) is 37.5 Å². The van der Waals surface area contributed by atoms with E-state index < -0.39 is 18.5 Å². The van der Waals surface area contributed by atoms with E-state index in [1.807, 2.05) is 36.1 Å². The van der Waals surface area contributed by atoms with Crippen LogP contribution < -0.4 is 10.1 Å². The van der Waals surface area contributed by atoms with E-state index >= 15 is 0 Å². The van der Waals surface area contributed by atoms with Crippen LogP contribution in [0.15, 0.2) is 28.7 Å². The molecule has 2 aromatic rings. The third-order valence-electron chi connectivity index (χ3n) is 5.49. The molecule has 0 spiro atoms. The van der Waals surface area contributed by atoms with Crippen LogP contribution in [0.25, 0.3) is 10.4 Å². The SMILES string of the molecule is CCNC(=O)N(Cc1cccc(-c2sc(C(=O)O)c(OCC(=O)O)c2Br)c1)C1CCCCC1. The van der Waals surface area contributed by atoms with E-state index in [-0.39, 0.29) is 22.7 Å². The van der Waals surface area contributed by atoms with E-state index in [1.165, 1.54) is 6.42 Å². The molecule has 0 unspecified atom stereocenters. The Labute approximate surface area is 204 Å². The van der Waals surface area contributed by atoms with E-state index in [0.29, 0.717) is 22.4 Å². The third kappa shape index (κ3) is 6.26. The van der Waals surface area contributed by atoms with Crippen LogP contribution in [-0.4, -0.2) is 52.3 Å². The number of carboxylic acid groups (broad SMARTS) is 2. The van der Waals surface area contributed by atoms with Crippen LogP contribution in [0.5, 0.6) is 5.75 Å². The van der Waals surface area contributed by atoms with Crippen molar-refractivity contribution < 1.29 is 29.3 Å². The van der Waals surface area contributed by atoms with Crippen LogP contribution >= 0.6 is 27.3 Å². The maximum Gasteiger partial charge on any atom is 0.349 e. The number of hydrogen-bond donors (Lipinski definition) is 3. The highest BCUT2D eigenvalue weighted by atomic mass is 79.9. The molecule has 1 aliphatic carbocycles. The number of carbonyl (C=O) groups excluding carboxylic acids is 1. The van der Waals surface area contributed by atoms with Crippen LogP contribution in [0, 0.1) is 0 Å². The lowest BCUT2D eigenvalue weighted by Crippen LogP contribution is -2.46. The Morgan fingerprint density at radius 3 is 2.58 bits per heavy atom. The lowest BCUT2D eigenvalue weighted by atomic mass is 9.94. The van der Waals surface area contributed by atoms with Crippen molar-refractivity contribution in [3.8, 4) is 16.2 Å². The fourth-order valence-corrected chi connectivity index (χ4v) is 5.89. The highest BCUT2D eigenvalue weighted by molar-refractivity contribution is 9.10. The first kappa shape index (κ1) is 25.0. The van der Waals surface area contributed by atoms with Gasteiger partial charge in [0.25, 0.3) is 0 Å². The summed E-state index contributed by atoms with van der Waals surface area (Å²) < 4.78 is 5.65. The molecule has 10 heteroatoms.